The number of thiophene rings is 1. The van der Waals surface area contributed by atoms with Crippen molar-refractivity contribution < 1.29 is 14.7 Å². The van der Waals surface area contributed by atoms with Crippen LogP contribution < -0.4 is 10.6 Å². The van der Waals surface area contributed by atoms with Crippen LogP contribution >= 0.6 is 11.3 Å². The van der Waals surface area contributed by atoms with Crippen molar-refractivity contribution in [3.8, 4) is 0 Å². The molecule has 2 rings (SSSR count). The van der Waals surface area contributed by atoms with Gasteiger partial charge >= 0.3 is 5.97 Å². The predicted octanol–water partition coefficient (Wildman–Crippen LogP) is 1.90. The van der Waals surface area contributed by atoms with E-state index in [0.717, 1.165) is 11.1 Å². The number of carboxylic acid groups (broad SMARTS) is 1. The number of carbonyl (C=O) groups is 2. The lowest BCUT2D eigenvalue weighted by Crippen LogP contribution is -2.44. The lowest BCUT2D eigenvalue weighted by atomic mass is 10.2. The van der Waals surface area contributed by atoms with Crippen LogP contribution in [0.15, 0.2) is 29.6 Å². The second-order valence-electron chi connectivity index (χ2n) is 4.15. The average Bonchev–Trinajstić information content (AvgIpc) is 2.80. The number of aliphatic carboxylic acids is 1. The first-order valence-corrected chi connectivity index (χ1v) is 6.65. The number of nitrogens with one attached hydrogen (secondary N) is 2. The third-order valence-electron chi connectivity index (χ3n) is 2.64. The van der Waals surface area contributed by atoms with Gasteiger partial charge in [-0.05, 0) is 35.0 Å². The summed E-state index contributed by atoms with van der Waals surface area (Å²) in [6.45, 7) is 1.44. The van der Waals surface area contributed by atoms with Gasteiger partial charge in [0.2, 0.25) is 5.91 Å². The SMILES string of the molecule is CC(=O)NC(CNc1ccc2sccc2c1)C(=O)O. The Morgan fingerprint density at radius 3 is 2.84 bits per heavy atom. The van der Waals surface area contributed by atoms with Crippen LogP contribution in [0.1, 0.15) is 6.92 Å². The number of fused-ring (bicyclic) bond motifs is 1. The molecular formula is C13H14N2O3S. The molecule has 0 fully saturated rings. The first kappa shape index (κ1) is 13.4. The molecule has 1 aromatic carbocycles. The molecule has 19 heavy (non-hydrogen) atoms. The predicted molar refractivity (Wildman–Crippen MR) is 75.6 cm³/mol. The summed E-state index contributed by atoms with van der Waals surface area (Å²) >= 11 is 1.65. The standard InChI is InChI=1S/C13H14N2O3S/c1-8(16)15-11(13(17)18)7-14-10-2-3-12-9(6-10)4-5-19-12/h2-6,11,14H,7H2,1H3,(H,15,16)(H,17,18). The number of hydrogen-bond donors (Lipinski definition) is 3. The Hall–Kier alpha value is -2.08. The lowest BCUT2D eigenvalue weighted by molar-refractivity contribution is -0.141. The van der Waals surface area contributed by atoms with Crippen molar-refractivity contribution in [3.63, 3.8) is 0 Å². The van der Waals surface area contributed by atoms with Gasteiger partial charge in [-0.15, -0.1) is 11.3 Å². The Bertz CT molecular complexity index is 609. The molecule has 2 aromatic rings. The molecule has 5 nitrogen and oxygen atoms in total. The first-order chi connectivity index (χ1) is 9.06. The van der Waals surface area contributed by atoms with Crippen molar-refractivity contribution in [1.82, 2.24) is 5.32 Å². The second-order valence-corrected chi connectivity index (χ2v) is 5.09. The largest absolute Gasteiger partial charge is 0.480 e. The van der Waals surface area contributed by atoms with Crippen LogP contribution in [0.4, 0.5) is 5.69 Å². The van der Waals surface area contributed by atoms with Crippen molar-refractivity contribution in [1.29, 1.82) is 0 Å². The molecule has 3 N–H and O–H groups in total. The topological polar surface area (TPSA) is 78.4 Å². The molecule has 0 aliphatic rings. The van der Waals surface area contributed by atoms with Crippen LogP contribution in [0, 0.1) is 0 Å². The zero-order chi connectivity index (χ0) is 13.8. The van der Waals surface area contributed by atoms with Gasteiger partial charge in [0.15, 0.2) is 0 Å². The molecular weight excluding hydrogens is 264 g/mol. The number of hydrogen-bond acceptors (Lipinski definition) is 4. The maximum Gasteiger partial charge on any atom is 0.328 e. The highest BCUT2D eigenvalue weighted by Crippen LogP contribution is 2.23. The van der Waals surface area contributed by atoms with Crippen LogP contribution in [0.3, 0.4) is 0 Å². The fraction of sp³-hybridized carbons (Fsp3) is 0.231. The summed E-state index contributed by atoms with van der Waals surface area (Å²) in [5.41, 5.74) is 0.836. The summed E-state index contributed by atoms with van der Waals surface area (Å²) in [5, 5.41) is 17.5. The number of anilines is 1. The highest BCUT2D eigenvalue weighted by molar-refractivity contribution is 7.17. The Morgan fingerprint density at radius 1 is 1.37 bits per heavy atom. The van der Waals surface area contributed by atoms with E-state index in [1.165, 1.54) is 11.6 Å². The third-order valence-corrected chi connectivity index (χ3v) is 3.54. The number of carboxylic acids is 1. The van der Waals surface area contributed by atoms with Gasteiger partial charge in [-0.25, -0.2) is 4.79 Å². The fourth-order valence-electron chi connectivity index (χ4n) is 1.74. The Morgan fingerprint density at radius 2 is 2.16 bits per heavy atom. The summed E-state index contributed by atoms with van der Waals surface area (Å²) in [4.78, 5) is 21.9. The van der Waals surface area contributed by atoms with E-state index in [-0.39, 0.29) is 12.5 Å². The molecule has 0 aliphatic carbocycles. The van der Waals surface area contributed by atoms with Gasteiger partial charge in [0.25, 0.3) is 0 Å². The number of benzene rings is 1. The molecule has 0 saturated heterocycles. The van der Waals surface area contributed by atoms with E-state index >= 15 is 0 Å². The van der Waals surface area contributed by atoms with E-state index in [9.17, 15) is 9.59 Å². The van der Waals surface area contributed by atoms with Crippen molar-refractivity contribution >= 4 is 39.0 Å². The summed E-state index contributed by atoms with van der Waals surface area (Å²) < 4.78 is 1.18. The molecule has 1 aromatic heterocycles. The van der Waals surface area contributed by atoms with Crippen LogP contribution in [0.2, 0.25) is 0 Å². The molecule has 100 valence electrons. The Labute approximate surface area is 114 Å². The van der Waals surface area contributed by atoms with Gasteiger partial charge in [0.1, 0.15) is 6.04 Å². The minimum absolute atomic E-state index is 0.143. The molecule has 1 unspecified atom stereocenters. The van der Waals surface area contributed by atoms with E-state index in [4.69, 9.17) is 5.11 Å². The van der Waals surface area contributed by atoms with Crippen LogP contribution in [0.5, 0.6) is 0 Å². The summed E-state index contributed by atoms with van der Waals surface area (Å²) in [6, 6.07) is 6.91. The Balaban J connectivity index is 2.03. The maximum absolute atomic E-state index is 11.0. The van der Waals surface area contributed by atoms with Crippen molar-refractivity contribution in [2.45, 2.75) is 13.0 Å². The number of carbonyl (C=O) groups excluding carboxylic acids is 1. The van der Waals surface area contributed by atoms with Crippen LogP contribution in [0.25, 0.3) is 10.1 Å². The highest BCUT2D eigenvalue weighted by atomic mass is 32.1. The van der Waals surface area contributed by atoms with Gasteiger partial charge in [-0.3, -0.25) is 4.79 Å². The van der Waals surface area contributed by atoms with Gasteiger partial charge in [0, 0.05) is 23.9 Å². The maximum atomic E-state index is 11.0. The van der Waals surface area contributed by atoms with Gasteiger partial charge in [-0.1, -0.05) is 0 Å². The molecule has 1 heterocycles. The Kier molecular flexibility index (Phi) is 4.01. The molecule has 0 saturated carbocycles. The molecule has 1 atom stereocenters. The van der Waals surface area contributed by atoms with E-state index < -0.39 is 12.0 Å². The van der Waals surface area contributed by atoms with Crippen molar-refractivity contribution in [2.75, 3.05) is 11.9 Å². The molecule has 0 aliphatic heterocycles. The van der Waals surface area contributed by atoms with Crippen molar-refractivity contribution in [2.24, 2.45) is 0 Å². The van der Waals surface area contributed by atoms with E-state index in [1.54, 1.807) is 11.3 Å². The quantitative estimate of drug-likeness (QED) is 0.780. The highest BCUT2D eigenvalue weighted by Gasteiger charge is 2.17. The molecule has 0 spiro atoms. The molecule has 1 amide bonds. The minimum atomic E-state index is -1.06. The molecule has 0 radical (unpaired) electrons. The second kappa shape index (κ2) is 5.71. The summed E-state index contributed by atoms with van der Waals surface area (Å²) in [5.74, 6) is -1.42. The third kappa shape index (κ3) is 3.45. The minimum Gasteiger partial charge on any atom is -0.480 e. The van der Waals surface area contributed by atoms with E-state index in [1.807, 2.05) is 29.6 Å². The number of rotatable bonds is 5. The smallest absolute Gasteiger partial charge is 0.328 e. The van der Waals surface area contributed by atoms with E-state index in [0.29, 0.717) is 0 Å². The molecule has 6 heteroatoms. The fourth-order valence-corrected chi connectivity index (χ4v) is 2.51. The molecule has 0 bridgehead atoms. The first-order valence-electron chi connectivity index (χ1n) is 5.77. The lowest BCUT2D eigenvalue weighted by Gasteiger charge is -2.14. The zero-order valence-corrected chi connectivity index (χ0v) is 11.2. The van der Waals surface area contributed by atoms with Gasteiger partial charge in [0.05, 0.1) is 0 Å². The normalized spacial score (nSPS) is 12.1. The van der Waals surface area contributed by atoms with E-state index in [2.05, 4.69) is 10.6 Å². The average molecular weight is 278 g/mol. The van der Waals surface area contributed by atoms with Crippen molar-refractivity contribution in [3.05, 3.63) is 29.6 Å². The van der Waals surface area contributed by atoms with Gasteiger partial charge in [-0.2, -0.15) is 0 Å². The summed E-state index contributed by atoms with van der Waals surface area (Å²) in [6.07, 6.45) is 0. The van der Waals surface area contributed by atoms with Crippen LogP contribution in [-0.4, -0.2) is 29.6 Å². The monoisotopic (exact) mass is 278 g/mol. The van der Waals surface area contributed by atoms with Crippen LogP contribution in [-0.2, 0) is 9.59 Å². The number of amides is 1. The zero-order valence-electron chi connectivity index (χ0n) is 10.3. The summed E-state index contributed by atoms with van der Waals surface area (Å²) in [7, 11) is 0. The van der Waals surface area contributed by atoms with Gasteiger partial charge < -0.3 is 15.7 Å².